The van der Waals surface area contributed by atoms with E-state index in [1.165, 1.54) is 16.7 Å². The molecule has 3 aromatic rings. The summed E-state index contributed by atoms with van der Waals surface area (Å²) in [5, 5.41) is 7.64. The number of pyridine rings is 1. The molecule has 1 atom stereocenters. The summed E-state index contributed by atoms with van der Waals surface area (Å²) < 4.78 is 11.7. The Hall–Kier alpha value is -2.73. The van der Waals surface area contributed by atoms with E-state index in [0.29, 0.717) is 11.7 Å². The Labute approximate surface area is 151 Å². The quantitative estimate of drug-likeness (QED) is 0.767. The Kier molecular flexibility index (Phi) is 3.71. The number of nitrogens with zero attached hydrogens (tertiary/aromatic N) is 3. The predicted octanol–water partition coefficient (Wildman–Crippen LogP) is 3.15. The van der Waals surface area contributed by atoms with Crippen LogP contribution in [0.2, 0.25) is 0 Å². The summed E-state index contributed by atoms with van der Waals surface area (Å²) in [5.41, 5.74) is 5.67. The molecule has 2 aliphatic heterocycles. The van der Waals surface area contributed by atoms with Crippen molar-refractivity contribution in [1.82, 2.24) is 20.4 Å². The average Bonchev–Trinajstić information content (AvgIpc) is 3.17. The molecule has 2 aromatic heterocycles. The second-order valence-corrected chi connectivity index (χ2v) is 6.86. The Bertz CT molecular complexity index is 966. The molecule has 1 N–H and O–H groups in total. The first-order valence-electron chi connectivity index (χ1n) is 9.06. The number of ether oxygens (including phenoxy) is 1. The van der Waals surface area contributed by atoms with Gasteiger partial charge in [0.2, 0.25) is 5.82 Å². The fourth-order valence-electron chi connectivity index (χ4n) is 3.83. The molecule has 132 valence electrons. The van der Waals surface area contributed by atoms with Crippen molar-refractivity contribution in [3.05, 3.63) is 58.7 Å². The number of nitrogens with one attached hydrogen (secondary N) is 1. The van der Waals surface area contributed by atoms with Crippen LogP contribution < -0.4 is 10.1 Å². The van der Waals surface area contributed by atoms with Gasteiger partial charge in [0.1, 0.15) is 5.75 Å². The summed E-state index contributed by atoms with van der Waals surface area (Å²) in [6.07, 6.45) is 4.49. The monoisotopic (exact) mass is 348 g/mol. The van der Waals surface area contributed by atoms with Crippen molar-refractivity contribution in [2.75, 3.05) is 6.54 Å². The van der Waals surface area contributed by atoms with Crippen molar-refractivity contribution in [3.8, 4) is 17.1 Å². The lowest BCUT2D eigenvalue weighted by Crippen LogP contribution is -2.24. The molecule has 1 unspecified atom stereocenters. The van der Waals surface area contributed by atoms with Crippen LogP contribution in [0.5, 0.6) is 5.75 Å². The molecule has 6 heteroatoms. The van der Waals surface area contributed by atoms with Gasteiger partial charge in [0.15, 0.2) is 6.10 Å². The summed E-state index contributed by atoms with van der Waals surface area (Å²) in [5.74, 6) is 2.07. The van der Waals surface area contributed by atoms with Crippen molar-refractivity contribution in [2.45, 2.75) is 38.8 Å². The largest absolute Gasteiger partial charge is 0.480 e. The van der Waals surface area contributed by atoms with Crippen molar-refractivity contribution in [2.24, 2.45) is 0 Å². The van der Waals surface area contributed by atoms with Crippen LogP contribution >= 0.6 is 0 Å². The van der Waals surface area contributed by atoms with Gasteiger partial charge in [-0.2, -0.15) is 4.98 Å². The Morgan fingerprint density at radius 3 is 3.04 bits per heavy atom. The molecule has 0 saturated heterocycles. The van der Waals surface area contributed by atoms with Crippen LogP contribution in [0.25, 0.3) is 11.4 Å². The van der Waals surface area contributed by atoms with E-state index in [4.69, 9.17) is 9.26 Å². The topological polar surface area (TPSA) is 73.1 Å². The first-order valence-corrected chi connectivity index (χ1v) is 9.06. The molecule has 0 radical (unpaired) electrons. The predicted molar refractivity (Wildman–Crippen MR) is 95.8 cm³/mol. The molecule has 1 aromatic carbocycles. The van der Waals surface area contributed by atoms with Crippen LogP contribution in [-0.2, 0) is 19.4 Å². The van der Waals surface area contributed by atoms with E-state index in [0.717, 1.165) is 49.4 Å². The van der Waals surface area contributed by atoms with Gasteiger partial charge >= 0.3 is 0 Å². The lowest BCUT2D eigenvalue weighted by molar-refractivity contribution is 0.135. The minimum Gasteiger partial charge on any atom is -0.480 e. The zero-order chi connectivity index (χ0) is 17.5. The van der Waals surface area contributed by atoms with Crippen LogP contribution in [0, 0.1) is 6.92 Å². The standard InChI is InChI=1S/C20H20N4O2/c1-12-18(15-8-9-21-10-14(15)11-22-12)19-23-20(26-24-19)17-7-6-13-4-2-3-5-16(13)25-17/h2-5,11,17,21H,6-10H2,1H3. The van der Waals surface area contributed by atoms with Crippen molar-refractivity contribution < 1.29 is 9.26 Å². The SMILES string of the molecule is Cc1ncc2c(c1-c1noc(C3CCc4ccccc4O3)n1)CCNC2. The number of hydrogen-bond acceptors (Lipinski definition) is 6. The van der Waals surface area contributed by atoms with Crippen LogP contribution in [-0.4, -0.2) is 21.7 Å². The molecule has 2 aliphatic rings. The van der Waals surface area contributed by atoms with Crippen LogP contribution in [0.4, 0.5) is 0 Å². The molecule has 0 aliphatic carbocycles. The summed E-state index contributed by atoms with van der Waals surface area (Å²) in [7, 11) is 0. The molecule has 6 nitrogen and oxygen atoms in total. The minimum atomic E-state index is -0.194. The molecular formula is C20H20N4O2. The van der Waals surface area contributed by atoms with E-state index in [-0.39, 0.29) is 6.10 Å². The number of para-hydroxylation sites is 1. The molecule has 0 fully saturated rings. The highest BCUT2D eigenvalue weighted by Gasteiger charge is 2.28. The van der Waals surface area contributed by atoms with Gasteiger partial charge in [0, 0.05) is 24.0 Å². The Morgan fingerprint density at radius 2 is 2.08 bits per heavy atom. The zero-order valence-corrected chi connectivity index (χ0v) is 14.7. The van der Waals surface area contributed by atoms with E-state index < -0.39 is 0 Å². The van der Waals surface area contributed by atoms with Gasteiger partial charge in [-0.1, -0.05) is 23.4 Å². The second kappa shape index (κ2) is 6.21. The molecule has 0 amide bonds. The summed E-state index contributed by atoms with van der Waals surface area (Å²) >= 11 is 0. The highest BCUT2D eigenvalue weighted by molar-refractivity contribution is 5.64. The van der Waals surface area contributed by atoms with Crippen molar-refractivity contribution in [3.63, 3.8) is 0 Å². The maximum Gasteiger partial charge on any atom is 0.268 e. The van der Waals surface area contributed by atoms with Gasteiger partial charge in [-0.05, 0) is 55.5 Å². The van der Waals surface area contributed by atoms with Gasteiger partial charge in [0.25, 0.3) is 5.89 Å². The van der Waals surface area contributed by atoms with Gasteiger partial charge in [-0.15, -0.1) is 0 Å². The lowest BCUT2D eigenvalue weighted by atomic mass is 9.95. The number of rotatable bonds is 2. The van der Waals surface area contributed by atoms with Crippen molar-refractivity contribution >= 4 is 0 Å². The smallest absolute Gasteiger partial charge is 0.268 e. The Balaban J connectivity index is 1.49. The molecule has 4 heterocycles. The molecular weight excluding hydrogens is 328 g/mol. The molecule has 5 rings (SSSR count). The van der Waals surface area contributed by atoms with E-state index in [9.17, 15) is 0 Å². The van der Waals surface area contributed by atoms with E-state index in [1.807, 2.05) is 31.3 Å². The number of benzene rings is 1. The molecule has 26 heavy (non-hydrogen) atoms. The average molecular weight is 348 g/mol. The maximum atomic E-state index is 6.09. The lowest BCUT2D eigenvalue weighted by Gasteiger charge is -2.23. The fourth-order valence-corrected chi connectivity index (χ4v) is 3.83. The number of hydrogen-bond donors (Lipinski definition) is 1. The van der Waals surface area contributed by atoms with Crippen LogP contribution in [0.3, 0.4) is 0 Å². The van der Waals surface area contributed by atoms with Crippen LogP contribution in [0.1, 0.15) is 40.8 Å². The molecule has 0 spiro atoms. The van der Waals surface area contributed by atoms with Gasteiger partial charge in [0.05, 0.1) is 0 Å². The first kappa shape index (κ1) is 15.5. The third-order valence-corrected chi connectivity index (χ3v) is 5.19. The second-order valence-electron chi connectivity index (χ2n) is 6.86. The maximum absolute atomic E-state index is 6.09. The third-order valence-electron chi connectivity index (χ3n) is 5.19. The highest BCUT2D eigenvalue weighted by atomic mass is 16.5. The normalized spacial score (nSPS) is 18.7. The van der Waals surface area contributed by atoms with Crippen molar-refractivity contribution in [1.29, 1.82) is 0 Å². The summed E-state index contributed by atoms with van der Waals surface area (Å²) in [4.78, 5) is 9.21. The first-order chi connectivity index (χ1) is 12.8. The minimum absolute atomic E-state index is 0.194. The Morgan fingerprint density at radius 1 is 1.15 bits per heavy atom. The number of fused-ring (bicyclic) bond motifs is 2. The number of aryl methyl sites for hydroxylation is 2. The van der Waals surface area contributed by atoms with E-state index in [1.54, 1.807) is 0 Å². The van der Waals surface area contributed by atoms with E-state index in [2.05, 4.69) is 26.5 Å². The van der Waals surface area contributed by atoms with Crippen LogP contribution in [0.15, 0.2) is 35.0 Å². The van der Waals surface area contributed by atoms with Gasteiger partial charge in [-0.25, -0.2) is 0 Å². The molecule has 0 saturated carbocycles. The fraction of sp³-hybridized carbons (Fsp3) is 0.350. The van der Waals surface area contributed by atoms with E-state index >= 15 is 0 Å². The van der Waals surface area contributed by atoms with Gasteiger partial charge in [-0.3, -0.25) is 4.98 Å². The summed E-state index contributed by atoms with van der Waals surface area (Å²) in [6.45, 7) is 3.79. The summed E-state index contributed by atoms with van der Waals surface area (Å²) in [6, 6.07) is 8.12. The van der Waals surface area contributed by atoms with Gasteiger partial charge < -0.3 is 14.6 Å². The third kappa shape index (κ3) is 2.57. The molecule has 0 bridgehead atoms. The number of aromatic nitrogens is 3. The highest BCUT2D eigenvalue weighted by Crippen LogP contribution is 2.35. The zero-order valence-electron chi connectivity index (χ0n) is 14.7.